The molecule has 30 heavy (non-hydrogen) atoms. The Morgan fingerprint density at radius 1 is 1.20 bits per heavy atom. The maximum Gasteiger partial charge on any atom is 0.318 e. The van der Waals surface area contributed by atoms with Gasteiger partial charge in [-0.2, -0.15) is 0 Å². The first kappa shape index (κ1) is 22.1. The van der Waals surface area contributed by atoms with Crippen LogP contribution in [-0.4, -0.2) is 53.1 Å². The maximum atomic E-state index is 13.1. The van der Waals surface area contributed by atoms with Crippen LogP contribution in [0.25, 0.3) is 0 Å². The second-order valence-electron chi connectivity index (χ2n) is 8.46. The van der Waals surface area contributed by atoms with E-state index in [0.29, 0.717) is 13.1 Å². The summed E-state index contributed by atoms with van der Waals surface area (Å²) in [7, 11) is 2.13. The van der Waals surface area contributed by atoms with Crippen LogP contribution in [-0.2, 0) is 13.1 Å². The predicted molar refractivity (Wildman–Crippen MR) is 119 cm³/mol. The van der Waals surface area contributed by atoms with Gasteiger partial charge >= 0.3 is 6.03 Å². The molecule has 0 spiro atoms. The van der Waals surface area contributed by atoms with Crippen molar-refractivity contribution in [3.8, 4) is 5.75 Å². The van der Waals surface area contributed by atoms with E-state index in [1.165, 1.54) is 0 Å². The fraction of sp³-hybridized carbons (Fsp3) is 0.500. The Hall–Kier alpha value is -2.60. The molecule has 162 valence electrons. The lowest BCUT2D eigenvalue weighted by Crippen LogP contribution is -2.49. The molecule has 1 aliphatic heterocycles. The van der Waals surface area contributed by atoms with Crippen LogP contribution in [0.4, 0.5) is 4.79 Å². The summed E-state index contributed by atoms with van der Waals surface area (Å²) in [6.07, 6.45) is 3.98. The highest BCUT2D eigenvalue weighted by Crippen LogP contribution is 2.19. The molecule has 1 N–H and O–H groups in total. The van der Waals surface area contributed by atoms with Gasteiger partial charge in [-0.25, -0.2) is 4.79 Å². The summed E-state index contributed by atoms with van der Waals surface area (Å²) < 4.78 is 5.69. The molecule has 1 fully saturated rings. The van der Waals surface area contributed by atoms with E-state index < -0.39 is 0 Å². The van der Waals surface area contributed by atoms with Crippen molar-refractivity contribution in [2.24, 2.45) is 0 Å². The zero-order valence-corrected chi connectivity index (χ0v) is 18.6. The highest BCUT2D eigenvalue weighted by atomic mass is 16.5. The first-order chi connectivity index (χ1) is 14.4. The van der Waals surface area contributed by atoms with Crippen LogP contribution in [0.1, 0.15) is 43.5 Å². The predicted octanol–water partition coefficient (Wildman–Crippen LogP) is 3.98. The molecule has 6 nitrogen and oxygen atoms in total. The molecule has 3 rings (SSSR count). The first-order valence-corrected chi connectivity index (χ1v) is 10.8. The second-order valence-corrected chi connectivity index (χ2v) is 8.46. The van der Waals surface area contributed by atoms with Gasteiger partial charge in [0, 0.05) is 18.8 Å². The van der Waals surface area contributed by atoms with Gasteiger partial charge in [-0.1, -0.05) is 18.2 Å². The number of hydrogen-bond acceptors (Lipinski definition) is 4. The largest absolute Gasteiger partial charge is 0.491 e. The van der Waals surface area contributed by atoms with Crippen molar-refractivity contribution in [1.29, 1.82) is 0 Å². The highest BCUT2D eigenvalue weighted by molar-refractivity contribution is 5.74. The average molecular weight is 411 g/mol. The van der Waals surface area contributed by atoms with Crippen LogP contribution in [0.3, 0.4) is 0 Å². The topological polar surface area (TPSA) is 57.7 Å². The molecule has 0 unspecified atom stereocenters. The van der Waals surface area contributed by atoms with Crippen LogP contribution in [0, 0.1) is 6.92 Å². The van der Waals surface area contributed by atoms with Crippen molar-refractivity contribution in [2.45, 2.75) is 58.8 Å². The number of nitrogens with zero attached hydrogens (tertiary/aromatic N) is 3. The van der Waals surface area contributed by atoms with E-state index in [9.17, 15) is 4.79 Å². The molecule has 1 saturated heterocycles. The third kappa shape index (κ3) is 6.46. The molecule has 1 aliphatic rings. The van der Waals surface area contributed by atoms with Gasteiger partial charge < -0.3 is 19.9 Å². The SMILES string of the molecule is Cc1ccc(CN(C(=O)NCc2ccc(OC(C)C)cc2)C2CCN(C)CC2)nc1. The number of benzene rings is 1. The number of carbonyl (C=O) groups is 1. The van der Waals surface area contributed by atoms with Crippen molar-refractivity contribution in [3.63, 3.8) is 0 Å². The monoisotopic (exact) mass is 410 g/mol. The van der Waals surface area contributed by atoms with E-state index in [1.807, 2.05) is 68.3 Å². The summed E-state index contributed by atoms with van der Waals surface area (Å²) in [5.74, 6) is 0.846. The number of aryl methyl sites for hydroxylation is 1. The Balaban J connectivity index is 1.64. The van der Waals surface area contributed by atoms with Crippen LogP contribution >= 0.6 is 0 Å². The third-order valence-electron chi connectivity index (χ3n) is 5.43. The van der Waals surface area contributed by atoms with Gasteiger partial charge in [0.1, 0.15) is 5.75 Å². The first-order valence-electron chi connectivity index (χ1n) is 10.8. The number of aromatic nitrogens is 1. The van der Waals surface area contributed by atoms with Crippen LogP contribution in [0.15, 0.2) is 42.6 Å². The Kier molecular flexibility index (Phi) is 7.69. The maximum absolute atomic E-state index is 13.1. The minimum atomic E-state index is -0.0329. The number of piperidine rings is 1. The lowest BCUT2D eigenvalue weighted by Gasteiger charge is -2.37. The lowest BCUT2D eigenvalue weighted by molar-refractivity contribution is 0.126. The minimum absolute atomic E-state index is 0.0329. The Morgan fingerprint density at radius 3 is 2.50 bits per heavy atom. The number of ether oxygens (including phenoxy) is 1. The molecule has 0 bridgehead atoms. The average Bonchev–Trinajstić information content (AvgIpc) is 2.73. The molecule has 0 aliphatic carbocycles. The molecule has 0 atom stereocenters. The molecule has 1 aromatic heterocycles. The zero-order chi connectivity index (χ0) is 21.5. The zero-order valence-electron chi connectivity index (χ0n) is 18.6. The number of amides is 2. The van der Waals surface area contributed by atoms with Crippen molar-refractivity contribution < 1.29 is 9.53 Å². The molecule has 2 heterocycles. The quantitative estimate of drug-likeness (QED) is 0.750. The lowest BCUT2D eigenvalue weighted by atomic mass is 10.0. The van der Waals surface area contributed by atoms with Gasteiger partial charge in [0.25, 0.3) is 0 Å². The van der Waals surface area contributed by atoms with Gasteiger partial charge in [0.2, 0.25) is 0 Å². The molecular formula is C24H34N4O2. The van der Waals surface area contributed by atoms with Crippen molar-refractivity contribution >= 4 is 6.03 Å². The molecular weight excluding hydrogens is 376 g/mol. The number of nitrogens with one attached hydrogen (secondary N) is 1. The van der Waals surface area contributed by atoms with E-state index in [4.69, 9.17) is 4.74 Å². The summed E-state index contributed by atoms with van der Waals surface area (Å²) in [6.45, 7) is 9.08. The summed E-state index contributed by atoms with van der Waals surface area (Å²) in [6, 6.07) is 12.2. The normalized spacial score (nSPS) is 15.2. The van der Waals surface area contributed by atoms with E-state index in [-0.39, 0.29) is 18.2 Å². The Labute approximate surface area is 180 Å². The van der Waals surface area contributed by atoms with Gasteiger partial charge in [-0.05, 0) is 83.1 Å². The minimum Gasteiger partial charge on any atom is -0.491 e. The van der Waals surface area contributed by atoms with E-state index in [1.54, 1.807) is 0 Å². The van der Waals surface area contributed by atoms with Gasteiger partial charge in [0.15, 0.2) is 0 Å². The summed E-state index contributed by atoms with van der Waals surface area (Å²) in [5, 5.41) is 3.10. The summed E-state index contributed by atoms with van der Waals surface area (Å²) >= 11 is 0. The third-order valence-corrected chi connectivity index (χ3v) is 5.43. The molecule has 0 radical (unpaired) electrons. The fourth-order valence-electron chi connectivity index (χ4n) is 3.68. The Bertz CT molecular complexity index is 797. The van der Waals surface area contributed by atoms with Crippen molar-refractivity contribution in [3.05, 3.63) is 59.4 Å². The van der Waals surface area contributed by atoms with Crippen LogP contribution in [0.2, 0.25) is 0 Å². The smallest absolute Gasteiger partial charge is 0.318 e. The number of carbonyl (C=O) groups excluding carboxylic acids is 1. The summed E-state index contributed by atoms with van der Waals surface area (Å²) in [4.78, 5) is 21.9. The van der Waals surface area contributed by atoms with E-state index in [2.05, 4.69) is 22.2 Å². The fourth-order valence-corrected chi connectivity index (χ4v) is 3.68. The number of urea groups is 1. The van der Waals surface area contributed by atoms with Gasteiger partial charge in [-0.3, -0.25) is 4.98 Å². The standard InChI is InChI=1S/C24H34N4O2/c1-18(2)30-23-9-6-20(7-10-23)16-26-24(29)28(22-11-13-27(4)14-12-22)17-21-8-5-19(3)15-25-21/h5-10,15,18,22H,11-14,16-17H2,1-4H3,(H,26,29). The number of hydrogen-bond donors (Lipinski definition) is 1. The molecule has 1 aromatic carbocycles. The van der Waals surface area contributed by atoms with Crippen molar-refractivity contribution in [1.82, 2.24) is 20.1 Å². The van der Waals surface area contributed by atoms with Crippen LogP contribution in [0.5, 0.6) is 5.75 Å². The number of pyridine rings is 1. The van der Waals surface area contributed by atoms with Crippen molar-refractivity contribution in [2.75, 3.05) is 20.1 Å². The number of likely N-dealkylation sites (tertiary alicyclic amines) is 1. The van der Waals surface area contributed by atoms with Crippen LogP contribution < -0.4 is 10.1 Å². The van der Waals surface area contributed by atoms with Gasteiger partial charge in [-0.15, -0.1) is 0 Å². The Morgan fingerprint density at radius 2 is 1.90 bits per heavy atom. The molecule has 0 saturated carbocycles. The second kappa shape index (κ2) is 10.4. The van der Waals surface area contributed by atoms with E-state index >= 15 is 0 Å². The highest BCUT2D eigenvalue weighted by Gasteiger charge is 2.27. The van der Waals surface area contributed by atoms with Gasteiger partial charge in [0.05, 0.1) is 18.3 Å². The van der Waals surface area contributed by atoms with E-state index in [0.717, 1.165) is 48.5 Å². The summed E-state index contributed by atoms with van der Waals surface area (Å²) in [5.41, 5.74) is 3.10. The molecule has 2 amide bonds. The molecule has 2 aromatic rings. The molecule has 6 heteroatoms. The number of rotatable bonds is 7.